The van der Waals surface area contributed by atoms with Crippen LogP contribution >= 0.6 is 11.6 Å². The van der Waals surface area contributed by atoms with Crippen molar-refractivity contribution in [2.45, 2.75) is 30.8 Å². The molecule has 1 unspecified atom stereocenters. The van der Waals surface area contributed by atoms with E-state index in [0.29, 0.717) is 5.89 Å². The number of rotatable bonds is 4. The molecule has 3 rings (SSSR count). The molecule has 1 saturated heterocycles. The predicted octanol–water partition coefficient (Wildman–Crippen LogP) is 2.75. The topological polar surface area (TPSA) is 85.5 Å². The molecular formula is C15H17ClFN3O4S. The molecule has 136 valence electrons. The quantitative estimate of drug-likeness (QED) is 0.799. The second-order valence-corrected chi connectivity index (χ2v) is 8.19. The molecule has 7 nitrogen and oxygen atoms in total. The summed E-state index contributed by atoms with van der Waals surface area (Å²) in [5.74, 6) is -0.212. The van der Waals surface area contributed by atoms with Gasteiger partial charge in [0.25, 0.3) is 0 Å². The molecule has 0 radical (unpaired) electrons. The van der Waals surface area contributed by atoms with Crippen LogP contribution in [0.3, 0.4) is 0 Å². The number of nitrogens with zero attached hydrogens (tertiary/aromatic N) is 3. The molecule has 0 spiro atoms. The first kappa shape index (κ1) is 18.2. The molecule has 0 saturated carbocycles. The molecule has 1 aliphatic rings. The molecule has 25 heavy (non-hydrogen) atoms. The highest BCUT2D eigenvalue weighted by atomic mass is 35.5. The van der Waals surface area contributed by atoms with Gasteiger partial charge >= 0.3 is 0 Å². The fourth-order valence-corrected chi connectivity index (χ4v) is 4.45. The Labute approximate surface area is 149 Å². The molecule has 1 aliphatic heterocycles. The fraction of sp³-hybridized carbons (Fsp3) is 0.467. The second kappa shape index (κ2) is 6.99. The van der Waals surface area contributed by atoms with E-state index in [0.717, 1.165) is 10.4 Å². The monoisotopic (exact) mass is 389 g/mol. The van der Waals surface area contributed by atoms with Crippen molar-refractivity contribution in [1.82, 2.24) is 14.5 Å². The van der Waals surface area contributed by atoms with Crippen molar-refractivity contribution in [1.29, 1.82) is 0 Å². The lowest BCUT2D eigenvalue weighted by Crippen LogP contribution is -2.42. The van der Waals surface area contributed by atoms with Crippen LogP contribution in [-0.4, -0.2) is 42.6 Å². The van der Waals surface area contributed by atoms with E-state index in [1.807, 2.05) is 13.8 Å². The van der Waals surface area contributed by atoms with E-state index in [1.165, 1.54) is 12.1 Å². The molecule has 1 atom stereocenters. The van der Waals surface area contributed by atoms with Crippen LogP contribution in [0.1, 0.15) is 37.7 Å². The highest BCUT2D eigenvalue weighted by Gasteiger charge is 2.36. The molecule has 0 bridgehead atoms. The van der Waals surface area contributed by atoms with Crippen LogP contribution in [0.2, 0.25) is 5.02 Å². The normalized spacial score (nSPS) is 19.5. The average Bonchev–Trinajstić information content (AvgIpc) is 3.05. The Kier molecular flexibility index (Phi) is 5.10. The van der Waals surface area contributed by atoms with Crippen LogP contribution < -0.4 is 0 Å². The summed E-state index contributed by atoms with van der Waals surface area (Å²) in [7, 11) is -4.12. The molecule has 1 aromatic carbocycles. The third kappa shape index (κ3) is 3.55. The summed E-state index contributed by atoms with van der Waals surface area (Å²) in [5.41, 5.74) is 0. The fourth-order valence-electron chi connectivity index (χ4n) is 2.46. The standard InChI is InChI=1S/C15H17ClFN3O4S/c1-9(2)14-18-19-15(24-14)12-8-20(6-7-23-12)25(21,22)13-10(16)4-3-5-11(13)17/h3-5,9,12H,6-8H2,1-2H3. The van der Waals surface area contributed by atoms with E-state index in [9.17, 15) is 12.8 Å². The highest BCUT2D eigenvalue weighted by Crippen LogP contribution is 2.31. The molecule has 0 N–H and O–H groups in total. The second-order valence-electron chi connectivity index (χ2n) is 5.91. The minimum Gasteiger partial charge on any atom is -0.422 e. The Morgan fingerprint density at radius 3 is 2.76 bits per heavy atom. The lowest BCUT2D eigenvalue weighted by Gasteiger charge is -2.30. The van der Waals surface area contributed by atoms with Gasteiger partial charge in [0.05, 0.1) is 11.6 Å². The first-order chi connectivity index (χ1) is 11.8. The molecule has 1 fully saturated rings. The van der Waals surface area contributed by atoms with Crippen molar-refractivity contribution in [2.24, 2.45) is 0 Å². The molecule has 2 aromatic rings. The van der Waals surface area contributed by atoms with Crippen LogP contribution in [0.15, 0.2) is 27.5 Å². The first-order valence-electron chi connectivity index (χ1n) is 7.69. The van der Waals surface area contributed by atoms with Crippen LogP contribution in [0, 0.1) is 5.82 Å². The van der Waals surface area contributed by atoms with E-state index < -0.39 is 26.8 Å². The van der Waals surface area contributed by atoms with Gasteiger partial charge in [0.2, 0.25) is 21.8 Å². The van der Waals surface area contributed by atoms with Gasteiger partial charge in [-0.15, -0.1) is 10.2 Å². The van der Waals surface area contributed by atoms with Gasteiger partial charge in [0.1, 0.15) is 16.8 Å². The number of ether oxygens (including phenoxy) is 1. The van der Waals surface area contributed by atoms with Crippen molar-refractivity contribution in [3.8, 4) is 0 Å². The third-order valence-corrected chi connectivity index (χ3v) is 6.14. The Balaban J connectivity index is 1.87. The van der Waals surface area contributed by atoms with E-state index in [2.05, 4.69) is 10.2 Å². The summed E-state index contributed by atoms with van der Waals surface area (Å²) in [5, 5.41) is 7.68. The number of hydrogen-bond donors (Lipinski definition) is 0. The lowest BCUT2D eigenvalue weighted by atomic mass is 10.2. The minimum absolute atomic E-state index is 0.0434. The Morgan fingerprint density at radius 1 is 1.36 bits per heavy atom. The summed E-state index contributed by atoms with van der Waals surface area (Å²) < 4.78 is 51.8. The Hall–Kier alpha value is -1.55. The number of hydrogen-bond acceptors (Lipinski definition) is 6. The van der Waals surface area contributed by atoms with Crippen molar-refractivity contribution in [3.05, 3.63) is 40.8 Å². The molecule has 0 amide bonds. The number of aromatic nitrogens is 2. The van der Waals surface area contributed by atoms with Crippen LogP contribution in [0.25, 0.3) is 0 Å². The maximum atomic E-state index is 14.1. The van der Waals surface area contributed by atoms with Crippen molar-refractivity contribution >= 4 is 21.6 Å². The summed E-state index contributed by atoms with van der Waals surface area (Å²) in [6.07, 6.45) is -0.714. The first-order valence-corrected chi connectivity index (χ1v) is 9.51. The summed E-state index contributed by atoms with van der Waals surface area (Å²) in [6, 6.07) is 3.75. The minimum atomic E-state index is -4.12. The van der Waals surface area contributed by atoms with E-state index in [-0.39, 0.29) is 36.5 Å². The van der Waals surface area contributed by atoms with E-state index in [1.54, 1.807) is 0 Å². The van der Waals surface area contributed by atoms with Crippen LogP contribution in [0.4, 0.5) is 4.39 Å². The van der Waals surface area contributed by atoms with Crippen LogP contribution in [-0.2, 0) is 14.8 Å². The zero-order valence-corrected chi connectivity index (χ0v) is 15.2. The molecule has 0 aliphatic carbocycles. The van der Waals surface area contributed by atoms with Gasteiger partial charge in [-0.05, 0) is 12.1 Å². The van der Waals surface area contributed by atoms with Gasteiger partial charge in [0, 0.05) is 19.0 Å². The zero-order valence-electron chi connectivity index (χ0n) is 13.6. The van der Waals surface area contributed by atoms with Crippen LogP contribution in [0.5, 0.6) is 0 Å². The zero-order chi connectivity index (χ0) is 18.2. The SMILES string of the molecule is CC(C)c1nnc(C2CN(S(=O)(=O)c3c(F)cccc3Cl)CCO2)o1. The predicted molar refractivity (Wildman–Crippen MR) is 87.2 cm³/mol. The molecule has 1 aromatic heterocycles. The number of halogens is 2. The smallest absolute Gasteiger partial charge is 0.247 e. The number of sulfonamides is 1. The number of benzene rings is 1. The van der Waals surface area contributed by atoms with Gasteiger partial charge in [-0.2, -0.15) is 4.31 Å². The lowest BCUT2D eigenvalue weighted by molar-refractivity contribution is -0.0179. The summed E-state index contributed by atoms with van der Waals surface area (Å²) in [4.78, 5) is -0.536. The highest BCUT2D eigenvalue weighted by molar-refractivity contribution is 7.89. The van der Waals surface area contributed by atoms with Gasteiger partial charge < -0.3 is 9.15 Å². The third-order valence-electron chi connectivity index (χ3n) is 3.77. The molecular weight excluding hydrogens is 373 g/mol. The maximum Gasteiger partial charge on any atom is 0.247 e. The molecule has 2 heterocycles. The van der Waals surface area contributed by atoms with Gasteiger partial charge in [-0.25, -0.2) is 12.8 Å². The maximum absolute atomic E-state index is 14.1. The average molecular weight is 390 g/mol. The van der Waals surface area contributed by atoms with Gasteiger partial charge in [-0.1, -0.05) is 31.5 Å². The molecule has 10 heteroatoms. The van der Waals surface area contributed by atoms with Crippen molar-refractivity contribution in [3.63, 3.8) is 0 Å². The van der Waals surface area contributed by atoms with Gasteiger partial charge in [-0.3, -0.25) is 0 Å². The van der Waals surface area contributed by atoms with E-state index >= 15 is 0 Å². The van der Waals surface area contributed by atoms with Gasteiger partial charge in [0.15, 0.2) is 0 Å². The summed E-state index contributed by atoms with van der Waals surface area (Å²) in [6.45, 7) is 3.93. The largest absolute Gasteiger partial charge is 0.422 e. The van der Waals surface area contributed by atoms with Crippen molar-refractivity contribution in [2.75, 3.05) is 19.7 Å². The Bertz CT molecular complexity index is 851. The van der Waals surface area contributed by atoms with E-state index in [4.69, 9.17) is 20.8 Å². The number of morpholine rings is 1. The van der Waals surface area contributed by atoms with Crippen molar-refractivity contribution < 1.29 is 22.0 Å². The Morgan fingerprint density at radius 2 is 2.12 bits per heavy atom. The summed E-state index contributed by atoms with van der Waals surface area (Å²) >= 11 is 5.91.